The lowest BCUT2D eigenvalue weighted by molar-refractivity contribution is 0.204. The highest BCUT2D eigenvalue weighted by atomic mass is 16.4. The number of aromatic nitrogens is 1. The average molecular weight is 228 g/mol. The molecule has 0 radical (unpaired) electrons. The first kappa shape index (κ1) is 11.1. The minimum Gasteiger partial charge on any atom is -0.464 e. The molecule has 0 atom stereocenters. The fourth-order valence-electron chi connectivity index (χ4n) is 1.56. The van der Waals surface area contributed by atoms with Crippen molar-refractivity contribution in [3.8, 4) is 0 Å². The molecule has 4 nitrogen and oxygen atoms in total. The Labute approximate surface area is 99.2 Å². The van der Waals surface area contributed by atoms with Crippen molar-refractivity contribution in [2.75, 3.05) is 4.90 Å². The van der Waals surface area contributed by atoms with Gasteiger partial charge in [0.05, 0.1) is 5.69 Å². The zero-order valence-corrected chi connectivity index (χ0v) is 9.37. The zero-order valence-electron chi connectivity index (χ0n) is 9.37. The van der Waals surface area contributed by atoms with Crippen molar-refractivity contribution in [1.82, 2.24) is 4.98 Å². The number of benzene rings is 1. The maximum Gasteiger partial charge on any atom is 0.417 e. The Kier molecular flexibility index (Phi) is 3.05. The standard InChI is InChI=1S/C13H12N2O2/c1-10-7-8-14-12(9-10)15(13(16)17)11-5-3-2-4-6-11/h2-9H,1H3,(H,16,17). The molecule has 2 aromatic rings. The van der Waals surface area contributed by atoms with Crippen LogP contribution in [0.15, 0.2) is 48.7 Å². The summed E-state index contributed by atoms with van der Waals surface area (Å²) >= 11 is 0. The van der Waals surface area contributed by atoms with Gasteiger partial charge >= 0.3 is 6.09 Å². The van der Waals surface area contributed by atoms with E-state index in [1.165, 1.54) is 0 Å². The highest BCUT2D eigenvalue weighted by Gasteiger charge is 2.17. The predicted octanol–water partition coefficient (Wildman–Crippen LogP) is 3.21. The van der Waals surface area contributed by atoms with Gasteiger partial charge in [0.25, 0.3) is 0 Å². The zero-order chi connectivity index (χ0) is 12.3. The lowest BCUT2D eigenvalue weighted by Crippen LogP contribution is -2.24. The lowest BCUT2D eigenvalue weighted by Gasteiger charge is -2.18. The summed E-state index contributed by atoms with van der Waals surface area (Å²) in [4.78, 5) is 16.5. The molecule has 0 aliphatic rings. The third-order valence-electron chi connectivity index (χ3n) is 2.34. The first-order valence-corrected chi connectivity index (χ1v) is 5.19. The van der Waals surface area contributed by atoms with Gasteiger partial charge in [0.15, 0.2) is 0 Å². The normalized spacial score (nSPS) is 9.94. The molecule has 0 saturated carbocycles. The van der Waals surface area contributed by atoms with Gasteiger partial charge in [0.1, 0.15) is 5.82 Å². The van der Waals surface area contributed by atoms with E-state index in [0.717, 1.165) is 10.5 Å². The summed E-state index contributed by atoms with van der Waals surface area (Å²) in [5, 5.41) is 9.26. The number of hydrogen-bond acceptors (Lipinski definition) is 2. The van der Waals surface area contributed by atoms with E-state index < -0.39 is 6.09 Å². The van der Waals surface area contributed by atoms with Crippen molar-refractivity contribution in [2.24, 2.45) is 0 Å². The third-order valence-corrected chi connectivity index (χ3v) is 2.34. The molecule has 0 bridgehead atoms. The number of anilines is 2. The van der Waals surface area contributed by atoms with E-state index in [4.69, 9.17) is 0 Å². The topological polar surface area (TPSA) is 53.4 Å². The Morgan fingerprint density at radius 1 is 1.24 bits per heavy atom. The molecule has 1 heterocycles. The van der Waals surface area contributed by atoms with E-state index in [2.05, 4.69) is 4.98 Å². The van der Waals surface area contributed by atoms with E-state index in [-0.39, 0.29) is 0 Å². The van der Waals surface area contributed by atoms with Crippen LogP contribution in [0.2, 0.25) is 0 Å². The number of nitrogens with zero attached hydrogens (tertiary/aromatic N) is 2. The van der Waals surface area contributed by atoms with Gasteiger partial charge in [-0.3, -0.25) is 0 Å². The fourth-order valence-corrected chi connectivity index (χ4v) is 1.56. The van der Waals surface area contributed by atoms with Crippen LogP contribution in [-0.4, -0.2) is 16.2 Å². The average Bonchev–Trinajstić information content (AvgIpc) is 2.30. The van der Waals surface area contributed by atoms with Gasteiger partial charge in [-0.2, -0.15) is 0 Å². The van der Waals surface area contributed by atoms with Gasteiger partial charge in [-0.15, -0.1) is 0 Å². The van der Waals surface area contributed by atoms with E-state index >= 15 is 0 Å². The molecule has 86 valence electrons. The van der Waals surface area contributed by atoms with Gasteiger partial charge in [-0.1, -0.05) is 18.2 Å². The number of amides is 1. The van der Waals surface area contributed by atoms with Crippen molar-refractivity contribution in [2.45, 2.75) is 6.92 Å². The van der Waals surface area contributed by atoms with Crippen molar-refractivity contribution in [3.05, 3.63) is 54.2 Å². The third kappa shape index (κ3) is 2.42. The quantitative estimate of drug-likeness (QED) is 0.858. The fraction of sp³-hybridized carbons (Fsp3) is 0.0769. The SMILES string of the molecule is Cc1ccnc(N(C(=O)O)c2ccccc2)c1. The number of carbonyl (C=O) groups is 1. The molecule has 0 fully saturated rings. The number of pyridine rings is 1. The minimum atomic E-state index is -1.05. The Morgan fingerprint density at radius 2 is 1.94 bits per heavy atom. The number of rotatable bonds is 2. The molecule has 17 heavy (non-hydrogen) atoms. The molecular formula is C13H12N2O2. The highest BCUT2D eigenvalue weighted by molar-refractivity contribution is 5.93. The second kappa shape index (κ2) is 4.65. The van der Waals surface area contributed by atoms with Crippen LogP contribution in [0, 0.1) is 6.92 Å². The predicted molar refractivity (Wildman–Crippen MR) is 65.6 cm³/mol. The van der Waals surface area contributed by atoms with Crippen LogP contribution in [0.3, 0.4) is 0 Å². The second-order valence-electron chi connectivity index (χ2n) is 3.64. The highest BCUT2D eigenvalue weighted by Crippen LogP contribution is 2.23. The number of carboxylic acid groups (broad SMARTS) is 1. The van der Waals surface area contributed by atoms with Crippen LogP contribution < -0.4 is 4.90 Å². The molecule has 2 rings (SSSR count). The molecule has 0 aliphatic heterocycles. The smallest absolute Gasteiger partial charge is 0.417 e. The number of hydrogen-bond donors (Lipinski definition) is 1. The van der Waals surface area contributed by atoms with Crippen LogP contribution >= 0.6 is 0 Å². The Balaban J connectivity index is 2.47. The second-order valence-corrected chi connectivity index (χ2v) is 3.64. The first-order valence-electron chi connectivity index (χ1n) is 5.19. The van der Waals surface area contributed by atoms with Crippen molar-refractivity contribution >= 4 is 17.6 Å². The molecule has 0 saturated heterocycles. The molecule has 1 N–H and O–H groups in total. The maximum absolute atomic E-state index is 11.3. The van der Waals surface area contributed by atoms with Gasteiger partial charge in [0.2, 0.25) is 0 Å². The summed E-state index contributed by atoms with van der Waals surface area (Å²) in [6, 6.07) is 12.5. The van der Waals surface area contributed by atoms with Crippen molar-refractivity contribution in [1.29, 1.82) is 0 Å². The van der Waals surface area contributed by atoms with Crippen LogP contribution in [0.1, 0.15) is 5.56 Å². The van der Waals surface area contributed by atoms with Gasteiger partial charge in [0, 0.05) is 6.20 Å². The van der Waals surface area contributed by atoms with Gasteiger partial charge in [-0.05, 0) is 36.8 Å². The molecule has 1 amide bonds. The first-order chi connectivity index (χ1) is 8.18. The van der Waals surface area contributed by atoms with E-state index in [1.807, 2.05) is 19.1 Å². The molecule has 1 aromatic heterocycles. The summed E-state index contributed by atoms with van der Waals surface area (Å²) < 4.78 is 0. The summed E-state index contributed by atoms with van der Waals surface area (Å²) in [6.07, 6.45) is 0.554. The minimum absolute atomic E-state index is 0.406. The number of aryl methyl sites for hydroxylation is 1. The molecular weight excluding hydrogens is 216 g/mol. The van der Waals surface area contributed by atoms with Crippen LogP contribution in [0.5, 0.6) is 0 Å². The summed E-state index contributed by atoms with van der Waals surface area (Å²) in [5.41, 5.74) is 1.55. The van der Waals surface area contributed by atoms with Gasteiger partial charge < -0.3 is 5.11 Å². The Morgan fingerprint density at radius 3 is 2.53 bits per heavy atom. The van der Waals surface area contributed by atoms with Gasteiger partial charge in [-0.25, -0.2) is 14.7 Å². The Hall–Kier alpha value is -2.36. The summed E-state index contributed by atoms with van der Waals surface area (Å²) in [7, 11) is 0. The van der Waals surface area contributed by atoms with E-state index in [1.54, 1.807) is 36.5 Å². The lowest BCUT2D eigenvalue weighted by atomic mass is 10.2. The summed E-state index contributed by atoms with van der Waals surface area (Å²) in [6.45, 7) is 1.90. The monoisotopic (exact) mass is 228 g/mol. The Bertz CT molecular complexity index is 526. The number of para-hydroxylation sites is 1. The molecule has 0 aliphatic carbocycles. The van der Waals surface area contributed by atoms with Crippen LogP contribution in [0.25, 0.3) is 0 Å². The van der Waals surface area contributed by atoms with Crippen molar-refractivity contribution < 1.29 is 9.90 Å². The largest absolute Gasteiger partial charge is 0.464 e. The van der Waals surface area contributed by atoms with Crippen LogP contribution in [0.4, 0.5) is 16.3 Å². The van der Waals surface area contributed by atoms with E-state index in [0.29, 0.717) is 11.5 Å². The molecule has 1 aromatic carbocycles. The van der Waals surface area contributed by atoms with Crippen molar-refractivity contribution in [3.63, 3.8) is 0 Å². The molecule has 0 unspecified atom stereocenters. The summed E-state index contributed by atoms with van der Waals surface area (Å²) in [5.74, 6) is 0.406. The molecule has 4 heteroatoms. The molecule has 0 spiro atoms. The maximum atomic E-state index is 11.3. The van der Waals surface area contributed by atoms with Crippen LogP contribution in [-0.2, 0) is 0 Å². The van der Waals surface area contributed by atoms with E-state index in [9.17, 15) is 9.90 Å².